The van der Waals surface area contributed by atoms with Gasteiger partial charge in [0.2, 0.25) is 0 Å². The minimum Gasteiger partial charge on any atom is -0.353 e. The first-order chi connectivity index (χ1) is 14.3. The van der Waals surface area contributed by atoms with E-state index in [2.05, 4.69) is 6.92 Å². The van der Waals surface area contributed by atoms with E-state index in [9.17, 15) is 0 Å². The van der Waals surface area contributed by atoms with Crippen molar-refractivity contribution in [2.75, 3.05) is 0 Å². The Morgan fingerprint density at radius 3 is 0.931 bits per heavy atom. The molecule has 0 amide bonds. The molecule has 2 unspecified atom stereocenters. The molecule has 2 heteroatoms. The largest absolute Gasteiger partial charge is 0.353 e. The van der Waals surface area contributed by atoms with E-state index in [-0.39, 0.29) is 6.23 Å². The van der Waals surface area contributed by atoms with E-state index in [4.69, 9.17) is 10.5 Å². The molecule has 1 fully saturated rings. The molecule has 0 aromatic heterocycles. The molecule has 0 spiro atoms. The molecule has 2 nitrogen and oxygen atoms in total. The summed E-state index contributed by atoms with van der Waals surface area (Å²) in [6.07, 6.45) is 35.0. The Labute approximate surface area is 184 Å². The highest BCUT2D eigenvalue weighted by atomic mass is 16.6. The number of unbranched alkanes of at least 4 members (excludes halogenated alkanes) is 22. The molecule has 174 valence electrons. The number of hydrogen-bond donors (Lipinski definition) is 1. The second kappa shape index (κ2) is 21.2. The lowest BCUT2D eigenvalue weighted by atomic mass is 10.0. The van der Waals surface area contributed by atoms with Gasteiger partial charge < -0.3 is 10.5 Å². The lowest BCUT2D eigenvalue weighted by Crippen LogP contribution is -2.04. The second-order valence-electron chi connectivity index (χ2n) is 9.71. The first-order valence-corrected chi connectivity index (χ1v) is 13.8. The monoisotopic (exact) mass is 409 g/mol. The normalized spacial score (nSPS) is 18.4. The standard InChI is InChI=1S/C27H55NO/c1-2-3-4-5-6-7-8-9-10-11-12-13-14-15-16-17-18-19-20-21-22-23-24-25-26-27(28)29-26/h26-27H,2-25,28H2,1H3. The topological polar surface area (TPSA) is 38.5 Å². The van der Waals surface area contributed by atoms with E-state index in [1.54, 1.807) is 0 Å². The van der Waals surface area contributed by atoms with Crippen molar-refractivity contribution in [1.82, 2.24) is 0 Å². The molecule has 0 aromatic rings. The van der Waals surface area contributed by atoms with Gasteiger partial charge in [-0.05, 0) is 6.42 Å². The summed E-state index contributed by atoms with van der Waals surface area (Å²) in [6.45, 7) is 2.30. The van der Waals surface area contributed by atoms with Crippen LogP contribution < -0.4 is 5.73 Å². The highest BCUT2D eigenvalue weighted by Crippen LogP contribution is 2.23. The molecule has 2 atom stereocenters. The second-order valence-corrected chi connectivity index (χ2v) is 9.71. The van der Waals surface area contributed by atoms with Gasteiger partial charge in [0.1, 0.15) is 6.23 Å². The van der Waals surface area contributed by atoms with Crippen LogP contribution in [0.4, 0.5) is 0 Å². The fraction of sp³-hybridized carbons (Fsp3) is 1.00. The van der Waals surface area contributed by atoms with Crippen LogP contribution in [0.15, 0.2) is 0 Å². The van der Waals surface area contributed by atoms with Crippen LogP contribution in [0.2, 0.25) is 0 Å². The third kappa shape index (κ3) is 19.6. The van der Waals surface area contributed by atoms with Gasteiger partial charge in [-0.3, -0.25) is 0 Å². The summed E-state index contributed by atoms with van der Waals surface area (Å²) in [5.74, 6) is 0. The molecule has 1 aliphatic heterocycles. The maximum absolute atomic E-state index is 5.64. The van der Waals surface area contributed by atoms with Crippen LogP contribution >= 0.6 is 0 Å². The number of rotatable bonds is 24. The molecule has 2 N–H and O–H groups in total. The van der Waals surface area contributed by atoms with Gasteiger partial charge in [-0.25, -0.2) is 0 Å². The number of ether oxygens (including phenoxy) is 1. The predicted octanol–water partition coefficient (Wildman–Crippen LogP) is 9.05. The Bertz CT molecular complexity index is 320. The van der Waals surface area contributed by atoms with Crippen molar-refractivity contribution in [2.45, 2.75) is 173 Å². The van der Waals surface area contributed by atoms with Crippen LogP contribution in [0.3, 0.4) is 0 Å². The molecule has 0 radical (unpaired) electrons. The molecule has 1 rings (SSSR count). The van der Waals surface area contributed by atoms with Crippen molar-refractivity contribution in [2.24, 2.45) is 5.73 Å². The molecule has 0 aromatic carbocycles. The SMILES string of the molecule is CCCCCCCCCCCCCCCCCCCCCCCCCC1OC1N. The summed E-state index contributed by atoms with van der Waals surface area (Å²) in [6, 6.07) is 0. The van der Waals surface area contributed by atoms with Crippen molar-refractivity contribution in [3.05, 3.63) is 0 Å². The van der Waals surface area contributed by atoms with E-state index >= 15 is 0 Å². The molecule has 1 heterocycles. The molecule has 1 aliphatic rings. The fourth-order valence-corrected chi connectivity index (χ4v) is 4.52. The summed E-state index contributed by atoms with van der Waals surface area (Å²) < 4.78 is 5.24. The Balaban J connectivity index is 1.59. The lowest BCUT2D eigenvalue weighted by Gasteiger charge is -2.04. The highest BCUT2D eigenvalue weighted by molar-refractivity contribution is 4.78. The van der Waals surface area contributed by atoms with Crippen LogP contribution in [0, 0.1) is 0 Å². The number of hydrogen-bond acceptors (Lipinski definition) is 2. The van der Waals surface area contributed by atoms with Crippen LogP contribution in [0.1, 0.15) is 161 Å². The molecule has 0 aliphatic carbocycles. The van der Waals surface area contributed by atoms with E-state index in [0.29, 0.717) is 6.10 Å². The Kier molecular flexibility index (Phi) is 19.7. The van der Waals surface area contributed by atoms with Gasteiger partial charge in [-0.2, -0.15) is 0 Å². The average Bonchev–Trinajstić information content (AvgIpc) is 3.43. The van der Waals surface area contributed by atoms with Crippen molar-refractivity contribution < 1.29 is 4.74 Å². The van der Waals surface area contributed by atoms with Gasteiger partial charge in [0, 0.05) is 0 Å². The van der Waals surface area contributed by atoms with Crippen molar-refractivity contribution >= 4 is 0 Å². The fourth-order valence-electron chi connectivity index (χ4n) is 4.52. The first kappa shape index (κ1) is 27.0. The quantitative estimate of drug-likeness (QED) is 0.127. The van der Waals surface area contributed by atoms with Gasteiger partial charge in [-0.1, -0.05) is 155 Å². The van der Waals surface area contributed by atoms with Crippen molar-refractivity contribution in [3.63, 3.8) is 0 Å². The molecule has 0 saturated carbocycles. The number of nitrogens with two attached hydrogens (primary N) is 1. The van der Waals surface area contributed by atoms with Gasteiger partial charge in [0.05, 0.1) is 6.10 Å². The Morgan fingerprint density at radius 1 is 0.448 bits per heavy atom. The average molecular weight is 410 g/mol. The molecule has 1 saturated heterocycles. The van der Waals surface area contributed by atoms with E-state index in [1.165, 1.54) is 154 Å². The lowest BCUT2D eigenvalue weighted by molar-refractivity contribution is 0.360. The van der Waals surface area contributed by atoms with Crippen LogP contribution in [-0.4, -0.2) is 12.3 Å². The smallest absolute Gasteiger partial charge is 0.132 e. The predicted molar refractivity (Wildman–Crippen MR) is 129 cm³/mol. The zero-order valence-electron chi connectivity index (χ0n) is 20.1. The van der Waals surface area contributed by atoms with Gasteiger partial charge in [0.25, 0.3) is 0 Å². The first-order valence-electron chi connectivity index (χ1n) is 13.8. The van der Waals surface area contributed by atoms with Crippen molar-refractivity contribution in [3.8, 4) is 0 Å². The zero-order valence-corrected chi connectivity index (χ0v) is 20.1. The van der Waals surface area contributed by atoms with E-state index < -0.39 is 0 Å². The summed E-state index contributed by atoms with van der Waals surface area (Å²) in [5, 5.41) is 0. The third-order valence-corrected chi connectivity index (χ3v) is 6.71. The number of epoxide rings is 1. The minimum absolute atomic E-state index is 0.0646. The minimum atomic E-state index is 0.0646. The zero-order chi connectivity index (χ0) is 20.8. The van der Waals surface area contributed by atoms with Gasteiger partial charge in [-0.15, -0.1) is 0 Å². The molecule has 0 bridgehead atoms. The summed E-state index contributed by atoms with van der Waals surface area (Å²) >= 11 is 0. The maximum Gasteiger partial charge on any atom is 0.132 e. The summed E-state index contributed by atoms with van der Waals surface area (Å²) in [7, 11) is 0. The van der Waals surface area contributed by atoms with Crippen LogP contribution in [0.25, 0.3) is 0 Å². The van der Waals surface area contributed by atoms with E-state index in [0.717, 1.165) is 0 Å². The Morgan fingerprint density at radius 2 is 0.690 bits per heavy atom. The van der Waals surface area contributed by atoms with E-state index in [1.807, 2.05) is 0 Å². The highest BCUT2D eigenvalue weighted by Gasteiger charge is 2.33. The maximum atomic E-state index is 5.64. The van der Waals surface area contributed by atoms with Crippen LogP contribution in [-0.2, 0) is 4.74 Å². The molecule has 29 heavy (non-hydrogen) atoms. The summed E-state index contributed by atoms with van der Waals surface area (Å²) in [5.41, 5.74) is 5.64. The van der Waals surface area contributed by atoms with Gasteiger partial charge in [0.15, 0.2) is 0 Å². The van der Waals surface area contributed by atoms with Gasteiger partial charge >= 0.3 is 0 Å². The van der Waals surface area contributed by atoms with Crippen molar-refractivity contribution in [1.29, 1.82) is 0 Å². The third-order valence-electron chi connectivity index (χ3n) is 6.71. The summed E-state index contributed by atoms with van der Waals surface area (Å²) in [4.78, 5) is 0. The molecular weight excluding hydrogens is 354 g/mol. The Hall–Kier alpha value is -0.0800. The van der Waals surface area contributed by atoms with Crippen LogP contribution in [0.5, 0.6) is 0 Å². The molecular formula is C27H55NO.